The normalized spacial score (nSPS) is 17.4. The van der Waals surface area contributed by atoms with Gasteiger partial charge in [0.25, 0.3) is 0 Å². The number of methoxy groups -OCH3 is 3. The molecule has 1 fully saturated rings. The molecule has 1 aromatic rings. The van der Waals surface area contributed by atoms with E-state index in [1.807, 2.05) is 12.1 Å². The fourth-order valence-corrected chi connectivity index (χ4v) is 3.51. The third-order valence-corrected chi connectivity index (χ3v) is 4.90. The van der Waals surface area contributed by atoms with Gasteiger partial charge in [0.2, 0.25) is 5.91 Å². The van der Waals surface area contributed by atoms with Crippen LogP contribution in [0.4, 0.5) is 0 Å². The Morgan fingerprint density at radius 1 is 1.16 bits per heavy atom. The predicted octanol–water partition coefficient (Wildman–Crippen LogP) is 3.44. The number of likely N-dealkylation sites (tertiary alicyclic amines) is 1. The van der Waals surface area contributed by atoms with Gasteiger partial charge in [-0.3, -0.25) is 4.79 Å². The molecule has 0 N–H and O–H groups in total. The maximum absolute atomic E-state index is 12.5. The molecule has 0 saturated carbocycles. The summed E-state index contributed by atoms with van der Waals surface area (Å²) >= 11 is 0. The average molecular weight is 349 g/mol. The zero-order chi connectivity index (χ0) is 18.1. The first-order valence-corrected chi connectivity index (χ1v) is 9.19. The summed E-state index contributed by atoms with van der Waals surface area (Å²) in [7, 11) is 4.98. The summed E-state index contributed by atoms with van der Waals surface area (Å²) < 4.78 is 15.7. The highest BCUT2D eigenvalue weighted by Crippen LogP contribution is 2.29. The molecule has 0 aromatic heterocycles. The number of nitrogens with zero attached hydrogens (tertiary/aromatic N) is 1. The van der Waals surface area contributed by atoms with Gasteiger partial charge in [-0.2, -0.15) is 0 Å². The van der Waals surface area contributed by atoms with Crippen molar-refractivity contribution in [1.82, 2.24) is 4.90 Å². The lowest BCUT2D eigenvalue weighted by Gasteiger charge is -2.36. The molecule has 1 aliphatic heterocycles. The molecule has 5 nitrogen and oxygen atoms in total. The third kappa shape index (κ3) is 5.63. The molecule has 0 bridgehead atoms. The Bertz CT molecular complexity index is 546. The van der Waals surface area contributed by atoms with Crippen molar-refractivity contribution in [1.29, 1.82) is 0 Å². The van der Waals surface area contributed by atoms with Gasteiger partial charge in [-0.05, 0) is 56.2 Å². The van der Waals surface area contributed by atoms with E-state index in [2.05, 4.69) is 11.0 Å². The second-order valence-corrected chi connectivity index (χ2v) is 6.56. The van der Waals surface area contributed by atoms with Gasteiger partial charge in [-0.1, -0.05) is 6.07 Å². The van der Waals surface area contributed by atoms with Crippen molar-refractivity contribution in [2.24, 2.45) is 0 Å². The van der Waals surface area contributed by atoms with Gasteiger partial charge in [0.15, 0.2) is 11.5 Å². The number of carbonyl (C=O) groups is 1. The molecule has 140 valence electrons. The first-order valence-electron chi connectivity index (χ1n) is 9.19. The van der Waals surface area contributed by atoms with Gasteiger partial charge in [0.05, 0.1) is 14.2 Å². The van der Waals surface area contributed by atoms with E-state index in [0.29, 0.717) is 19.1 Å². The lowest BCUT2D eigenvalue weighted by atomic mass is 9.95. The zero-order valence-electron chi connectivity index (χ0n) is 15.8. The fourth-order valence-electron chi connectivity index (χ4n) is 3.51. The summed E-state index contributed by atoms with van der Waals surface area (Å²) in [6.07, 6.45) is 6.73. The van der Waals surface area contributed by atoms with Gasteiger partial charge in [-0.15, -0.1) is 0 Å². The second-order valence-electron chi connectivity index (χ2n) is 6.56. The number of ether oxygens (including phenoxy) is 3. The van der Waals surface area contributed by atoms with Crippen LogP contribution in [0.2, 0.25) is 0 Å². The highest BCUT2D eigenvalue weighted by Gasteiger charge is 2.26. The molecule has 1 heterocycles. The maximum Gasteiger partial charge on any atom is 0.222 e. The number of benzene rings is 1. The molecule has 25 heavy (non-hydrogen) atoms. The van der Waals surface area contributed by atoms with E-state index in [1.165, 1.54) is 12.0 Å². The monoisotopic (exact) mass is 349 g/mol. The zero-order valence-corrected chi connectivity index (χ0v) is 15.8. The van der Waals surface area contributed by atoms with Crippen LogP contribution in [-0.4, -0.2) is 51.3 Å². The molecular formula is C20H31NO4. The van der Waals surface area contributed by atoms with Crippen molar-refractivity contribution < 1.29 is 19.0 Å². The minimum Gasteiger partial charge on any atom is -0.493 e. The topological polar surface area (TPSA) is 48.0 Å². The van der Waals surface area contributed by atoms with Crippen molar-refractivity contribution in [3.05, 3.63) is 23.8 Å². The smallest absolute Gasteiger partial charge is 0.222 e. The molecule has 1 aliphatic rings. The Hall–Kier alpha value is -1.75. The van der Waals surface area contributed by atoms with Crippen molar-refractivity contribution in [3.63, 3.8) is 0 Å². The number of carbonyl (C=O) groups excluding carboxylic acids is 1. The number of piperidine rings is 1. The number of rotatable bonds is 9. The van der Waals surface area contributed by atoms with E-state index >= 15 is 0 Å². The third-order valence-electron chi connectivity index (χ3n) is 4.90. The summed E-state index contributed by atoms with van der Waals surface area (Å²) in [5, 5.41) is 0. The van der Waals surface area contributed by atoms with Crippen LogP contribution < -0.4 is 9.47 Å². The summed E-state index contributed by atoms with van der Waals surface area (Å²) in [4.78, 5) is 14.6. The molecule has 0 spiro atoms. The lowest BCUT2D eigenvalue weighted by Crippen LogP contribution is -2.44. The van der Waals surface area contributed by atoms with E-state index in [4.69, 9.17) is 14.2 Å². The molecule has 2 rings (SSSR count). The van der Waals surface area contributed by atoms with Crippen LogP contribution in [0.3, 0.4) is 0 Å². The van der Waals surface area contributed by atoms with Gasteiger partial charge < -0.3 is 19.1 Å². The van der Waals surface area contributed by atoms with Crippen LogP contribution in [0, 0.1) is 0 Å². The SMILES string of the molecule is COCCCC(=O)N1CCCC[C@H]1CCc1ccc(OC)c(OC)c1. The summed E-state index contributed by atoms with van der Waals surface area (Å²) in [5.74, 6) is 1.78. The van der Waals surface area contributed by atoms with Crippen LogP contribution >= 0.6 is 0 Å². The maximum atomic E-state index is 12.5. The number of hydrogen-bond donors (Lipinski definition) is 0. The largest absolute Gasteiger partial charge is 0.493 e. The minimum atomic E-state index is 0.272. The number of aryl methyl sites for hydroxylation is 1. The van der Waals surface area contributed by atoms with Crippen LogP contribution in [0.1, 0.15) is 44.1 Å². The van der Waals surface area contributed by atoms with Crippen molar-refractivity contribution in [3.8, 4) is 11.5 Å². The average Bonchev–Trinajstić information content (AvgIpc) is 2.66. The van der Waals surface area contributed by atoms with Gasteiger partial charge in [-0.25, -0.2) is 0 Å². The van der Waals surface area contributed by atoms with Crippen molar-refractivity contribution >= 4 is 5.91 Å². The molecule has 1 amide bonds. The molecule has 0 radical (unpaired) electrons. The standard InChI is InChI=1S/C20H31NO4/c1-23-14-6-8-20(22)21-13-5-4-7-17(21)11-9-16-10-12-18(24-2)19(15-16)25-3/h10,12,15,17H,4-9,11,13-14H2,1-3H3/t17-/m0/s1. The van der Waals surface area contributed by atoms with Crippen LogP contribution in [0.5, 0.6) is 11.5 Å². The quantitative estimate of drug-likeness (QED) is 0.641. The van der Waals surface area contributed by atoms with E-state index in [9.17, 15) is 4.79 Å². The molecule has 1 saturated heterocycles. The molecule has 1 atom stereocenters. The minimum absolute atomic E-state index is 0.272. The second kappa shape index (κ2) is 10.3. The van der Waals surface area contributed by atoms with Crippen LogP contribution in [0.15, 0.2) is 18.2 Å². The molecule has 0 unspecified atom stereocenters. The Morgan fingerprint density at radius 3 is 2.68 bits per heavy atom. The van der Waals surface area contributed by atoms with E-state index in [0.717, 1.165) is 50.1 Å². The summed E-state index contributed by atoms with van der Waals surface area (Å²) in [5.41, 5.74) is 1.22. The highest BCUT2D eigenvalue weighted by atomic mass is 16.5. The van der Waals surface area contributed by atoms with E-state index in [-0.39, 0.29) is 5.91 Å². The molecule has 0 aliphatic carbocycles. The van der Waals surface area contributed by atoms with Crippen LogP contribution in [-0.2, 0) is 16.0 Å². The van der Waals surface area contributed by atoms with Crippen LogP contribution in [0.25, 0.3) is 0 Å². The van der Waals surface area contributed by atoms with Gasteiger partial charge >= 0.3 is 0 Å². The van der Waals surface area contributed by atoms with Gasteiger partial charge in [0.1, 0.15) is 0 Å². The van der Waals surface area contributed by atoms with Crippen molar-refractivity contribution in [2.45, 2.75) is 51.0 Å². The molecule has 5 heteroatoms. The van der Waals surface area contributed by atoms with E-state index in [1.54, 1.807) is 21.3 Å². The predicted molar refractivity (Wildman–Crippen MR) is 98.3 cm³/mol. The number of amides is 1. The lowest BCUT2D eigenvalue weighted by molar-refractivity contribution is -0.135. The Morgan fingerprint density at radius 2 is 1.96 bits per heavy atom. The first kappa shape index (κ1) is 19.6. The Kier molecular flexibility index (Phi) is 8.06. The first-order chi connectivity index (χ1) is 12.2. The van der Waals surface area contributed by atoms with E-state index < -0.39 is 0 Å². The van der Waals surface area contributed by atoms with Crippen molar-refractivity contribution in [2.75, 3.05) is 34.5 Å². The fraction of sp³-hybridized carbons (Fsp3) is 0.650. The Balaban J connectivity index is 1.93. The summed E-state index contributed by atoms with van der Waals surface area (Å²) in [6.45, 7) is 1.54. The number of hydrogen-bond acceptors (Lipinski definition) is 4. The highest BCUT2D eigenvalue weighted by molar-refractivity contribution is 5.76. The van der Waals surface area contributed by atoms with Gasteiger partial charge in [0, 0.05) is 32.7 Å². The molecule has 1 aromatic carbocycles. The summed E-state index contributed by atoms with van der Waals surface area (Å²) in [6, 6.07) is 6.40. The molecular weight excluding hydrogens is 318 g/mol. The Labute approximate surface area is 151 Å².